The topological polar surface area (TPSA) is 20.3 Å². The standard InChI is InChI=1S/C13H17Cl2NO/c1-9(2)16(7-6-14)13(17)11-5-4-10(3)12(15)8-11/h4-5,8-9H,6-7H2,1-3H3. The average Bonchev–Trinajstić information content (AvgIpc) is 2.28. The zero-order chi connectivity index (χ0) is 13.0. The highest BCUT2D eigenvalue weighted by atomic mass is 35.5. The van der Waals surface area contributed by atoms with Crippen LogP contribution < -0.4 is 0 Å². The predicted molar refractivity (Wildman–Crippen MR) is 73.1 cm³/mol. The van der Waals surface area contributed by atoms with Gasteiger partial charge < -0.3 is 4.90 Å². The molecule has 17 heavy (non-hydrogen) atoms. The molecule has 0 aromatic heterocycles. The van der Waals surface area contributed by atoms with Crippen LogP contribution in [-0.2, 0) is 0 Å². The molecule has 0 saturated carbocycles. The summed E-state index contributed by atoms with van der Waals surface area (Å²) in [5.41, 5.74) is 1.58. The molecule has 0 radical (unpaired) electrons. The van der Waals surface area contributed by atoms with Crippen molar-refractivity contribution in [3.63, 3.8) is 0 Å². The molecule has 1 amide bonds. The van der Waals surface area contributed by atoms with Gasteiger partial charge in [0.05, 0.1) is 0 Å². The molecule has 1 aromatic rings. The summed E-state index contributed by atoms with van der Waals surface area (Å²) in [5.74, 6) is 0.409. The van der Waals surface area contributed by atoms with Crippen molar-refractivity contribution in [2.75, 3.05) is 12.4 Å². The Morgan fingerprint density at radius 3 is 2.53 bits per heavy atom. The lowest BCUT2D eigenvalue weighted by Crippen LogP contribution is -2.38. The van der Waals surface area contributed by atoms with E-state index in [0.717, 1.165) is 5.56 Å². The van der Waals surface area contributed by atoms with Gasteiger partial charge in [-0.1, -0.05) is 17.7 Å². The lowest BCUT2D eigenvalue weighted by molar-refractivity contribution is 0.0718. The Morgan fingerprint density at radius 2 is 2.06 bits per heavy atom. The number of rotatable bonds is 4. The number of carbonyl (C=O) groups is 1. The van der Waals surface area contributed by atoms with E-state index >= 15 is 0 Å². The van der Waals surface area contributed by atoms with Gasteiger partial charge in [0, 0.05) is 29.1 Å². The number of hydrogen-bond acceptors (Lipinski definition) is 1. The molecule has 0 fully saturated rings. The summed E-state index contributed by atoms with van der Waals surface area (Å²) in [7, 11) is 0. The zero-order valence-corrected chi connectivity index (χ0v) is 11.8. The third-order valence-electron chi connectivity index (χ3n) is 2.63. The third-order valence-corrected chi connectivity index (χ3v) is 3.20. The smallest absolute Gasteiger partial charge is 0.254 e. The summed E-state index contributed by atoms with van der Waals surface area (Å²) in [6.07, 6.45) is 0. The molecule has 4 heteroatoms. The molecular formula is C13H17Cl2NO. The molecule has 0 N–H and O–H groups in total. The number of halogens is 2. The van der Waals surface area contributed by atoms with Crippen molar-refractivity contribution in [3.8, 4) is 0 Å². The first-order chi connectivity index (χ1) is 7.97. The van der Waals surface area contributed by atoms with Crippen molar-refractivity contribution in [3.05, 3.63) is 34.3 Å². The first-order valence-electron chi connectivity index (χ1n) is 5.60. The summed E-state index contributed by atoms with van der Waals surface area (Å²) in [4.78, 5) is 14.0. The normalized spacial score (nSPS) is 10.7. The summed E-state index contributed by atoms with van der Waals surface area (Å²) < 4.78 is 0. The van der Waals surface area contributed by atoms with Crippen LogP contribution in [0.3, 0.4) is 0 Å². The van der Waals surface area contributed by atoms with Crippen molar-refractivity contribution in [1.82, 2.24) is 4.90 Å². The summed E-state index contributed by atoms with van der Waals surface area (Å²) in [6, 6.07) is 5.49. The zero-order valence-electron chi connectivity index (χ0n) is 10.3. The fourth-order valence-corrected chi connectivity index (χ4v) is 1.94. The minimum absolute atomic E-state index is 0.0254. The monoisotopic (exact) mass is 273 g/mol. The maximum atomic E-state index is 12.2. The number of hydrogen-bond donors (Lipinski definition) is 0. The Labute approximate surface area is 113 Å². The van der Waals surface area contributed by atoms with Crippen LogP contribution in [0.15, 0.2) is 18.2 Å². The van der Waals surface area contributed by atoms with Crippen molar-refractivity contribution < 1.29 is 4.79 Å². The number of nitrogens with zero attached hydrogens (tertiary/aromatic N) is 1. The van der Waals surface area contributed by atoms with Crippen molar-refractivity contribution >= 4 is 29.1 Å². The van der Waals surface area contributed by atoms with Crippen LogP contribution in [0.1, 0.15) is 29.8 Å². The molecule has 94 valence electrons. The Morgan fingerprint density at radius 1 is 1.41 bits per heavy atom. The van der Waals surface area contributed by atoms with Gasteiger partial charge in [0.1, 0.15) is 0 Å². The fraction of sp³-hybridized carbons (Fsp3) is 0.462. The lowest BCUT2D eigenvalue weighted by Gasteiger charge is -2.26. The molecule has 0 aliphatic heterocycles. The molecule has 0 atom stereocenters. The van der Waals surface area contributed by atoms with Gasteiger partial charge in [0.25, 0.3) is 5.91 Å². The van der Waals surface area contributed by atoms with Gasteiger partial charge >= 0.3 is 0 Å². The molecule has 0 spiro atoms. The maximum Gasteiger partial charge on any atom is 0.254 e. The van der Waals surface area contributed by atoms with E-state index in [2.05, 4.69) is 0 Å². The number of benzene rings is 1. The van der Waals surface area contributed by atoms with E-state index in [4.69, 9.17) is 23.2 Å². The molecule has 1 aromatic carbocycles. The van der Waals surface area contributed by atoms with E-state index in [1.54, 1.807) is 17.0 Å². The van der Waals surface area contributed by atoms with Crippen LogP contribution >= 0.6 is 23.2 Å². The first kappa shape index (κ1) is 14.3. The van der Waals surface area contributed by atoms with Gasteiger partial charge in [0.2, 0.25) is 0 Å². The molecule has 1 rings (SSSR count). The van der Waals surface area contributed by atoms with Crippen LogP contribution in [0, 0.1) is 6.92 Å². The molecule has 0 unspecified atom stereocenters. The Balaban J connectivity index is 2.97. The van der Waals surface area contributed by atoms with E-state index in [9.17, 15) is 4.79 Å². The van der Waals surface area contributed by atoms with Gasteiger partial charge in [-0.3, -0.25) is 4.79 Å². The van der Waals surface area contributed by atoms with E-state index in [-0.39, 0.29) is 11.9 Å². The third kappa shape index (κ3) is 3.62. The van der Waals surface area contributed by atoms with Gasteiger partial charge in [-0.25, -0.2) is 0 Å². The number of carbonyl (C=O) groups excluding carboxylic acids is 1. The highest BCUT2D eigenvalue weighted by molar-refractivity contribution is 6.31. The number of amides is 1. The Hall–Kier alpha value is -0.730. The second-order valence-corrected chi connectivity index (χ2v) is 5.03. The molecular weight excluding hydrogens is 257 g/mol. The summed E-state index contributed by atoms with van der Waals surface area (Å²) in [6.45, 7) is 6.40. The first-order valence-corrected chi connectivity index (χ1v) is 6.51. The van der Waals surface area contributed by atoms with Gasteiger partial charge in [-0.15, -0.1) is 11.6 Å². The lowest BCUT2D eigenvalue weighted by atomic mass is 10.1. The quantitative estimate of drug-likeness (QED) is 0.766. The fourth-order valence-electron chi connectivity index (χ4n) is 1.58. The maximum absolute atomic E-state index is 12.2. The minimum Gasteiger partial charge on any atom is -0.335 e. The largest absolute Gasteiger partial charge is 0.335 e. The molecule has 0 bridgehead atoms. The summed E-state index contributed by atoms with van der Waals surface area (Å²) in [5, 5.41) is 0.616. The van der Waals surface area contributed by atoms with Crippen molar-refractivity contribution in [1.29, 1.82) is 0 Å². The van der Waals surface area contributed by atoms with Crippen LogP contribution in [-0.4, -0.2) is 29.3 Å². The predicted octanol–water partition coefficient (Wildman–Crippen LogP) is 3.74. The molecule has 0 aliphatic rings. The van der Waals surface area contributed by atoms with E-state index in [0.29, 0.717) is 23.0 Å². The molecule has 0 aliphatic carbocycles. The molecule has 0 saturated heterocycles. The van der Waals surface area contributed by atoms with Crippen LogP contribution in [0.2, 0.25) is 5.02 Å². The van der Waals surface area contributed by atoms with Crippen LogP contribution in [0.25, 0.3) is 0 Å². The van der Waals surface area contributed by atoms with E-state index < -0.39 is 0 Å². The molecule has 0 heterocycles. The highest BCUT2D eigenvalue weighted by Gasteiger charge is 2.18. The van der Waals surface area contributed by atoms with Crippen LogP contribution in [0.5, 0.6) is 0 Å². The Bertz CT molecular complexity index is 404. The number of alkyl halides is 1. The van der Waals surface area contributed by atoms with Crippen molar-refractivity contribution in [2.24, 2.45) is 0 Å². The highest BCUT2D eigenvalue weighted by Crippen LogP contribution is 2.18. The van der Waals surface area contributed by atoms with Crippen LogP contribution in [0.4, 0.5) is 0 Å². The van der Waals surface area contributed by atoms with Gasteiger partial charge in [-0.05, 0) is 38.5 Å². The number of aryl methyl sites for hydroxylation is 1. The van der Waals surface area contributed by atoms with E-state index in [1.807, 2.05) is 26.8 Å². The SMILES string of the molecule is Cc1ccc(C(=O)N(CCCl)C(C)C)cc1Cl. The Kier molecular flexibility index (Phi) is 5.29. The molecule has 2 nitrogen and oxygen atoms in total. The van der Waals surface area contributed by atoms with Crippen molar-refractivity contribution in [2.45, 2.75) is 26.8 Å². The van der Waals surface area contributed by atoms with Gasteiger partial charge in [0.15, 0.2) is 0 Å². The second kappa shape index (κ2) is 6.27. The van der Waals surface area contributed by atoms with E-state index in [1.165, 1.54) is 0 Å². The minimum atomic E-state index is -0.0254. The summed E-state index contributed by atoms with van der Waals surface area (Å²) >= 11 is 11.7. The van der Waals surface area contributed by atoms with Gasteiger partial charge in [-0.2, -0.15) is 0 Å². The average molecular weight is 274 g/mol. The second-order valence-electron chi connectivity index (χ2n) is 4.25.